The first kappa shape index (κ1) is 15.3. The SMILES string of the molecule is CCOC(=O)NC(=S)Nc1ncc(C(=O)O)cc1Br. The van der Waals surface area contributed by atoms with Crippen LogP contribution < -0.4 is 10.6 Å². The van der Waals surface area contributed by atoms with Gasteiger partial charge in [0.15, 0.2) is 5.11 Å². The molecular weight excluding hydrogens is 338 g/mol. The second-order valence-electron chi connectivity index (χ2n) is 3.16. The van der Waals surface area contributed by atoms with Gasteiger partial charge < -0.3 is 15.2 Å². The van der Waals surface area contributed by atoms with Crippen molar-refractivity contribution in [2.45, 2.75) is 6.92 Å². The lowest BCUT2D eigenvalue weighted by Crippen LogP contribution is -2.34. The number of amides is 1. The van der Waals surface area contributed by atoms with E-state index >= 15 is 0 Å². The Kier molecular flexibility index (Phi) is 5.64. The fourth-order valence-electron chi connectivity index (χ4n) is 1.05. The molecule has 0 radical (unpaired) electrons. The largest absolute Gasteiger partial charge is 0.478 e. The molecule has 1 rings (SSSR count). The first-order valence-electron chi connectivity index (χ1n) is 5.07. The van der Waals surface area contributed by atoms with E-state index < -0.39 is 12.1 Å². The number of carbonyl (C=O) groups excluding carboxylic acids is 1. The van der Waals surface area contributed by atoms with E-state index in [1.807, 2.05) is 0 Å². The van der Waals surface area contributed by atoms with Crippen molar-refractivity contribution in [3.63, 3.8) is 0 Å². The molecule has 0 aliphatic rings. The summed E-state index contributed by atoms with van der Waals surface area (Å²) in [6, 6.07) is 1.37. The molecule has 0 unspecified atom stereocenters. The van der Waals surface area contributed by atoms with Crippen molar-refractivity contribution in [1.29, 1.82) is 0 Å². The van der Waals surface area contributed by atoms with Gasteiger partial charge in [-0.25, -0.2) is 14.6 Å². The van der Waals surface area contributed by atoms with Gasteiger partial charge in [-0.1, -0.05) is 0 Å². The summed E-state index contributed by atoms with van der Waals surface area (Å²) in [5.41, 5.74) is 0.0293. The van der Waals surface area contributed by atoms with E-state index in [9.17, 15) is 9.59 Å². The summed E-state index contributed by atoms with van der Waals surface area (Å²) in [4.78, 5) is 25.7. The zero-order valence-corrected chi connectivity index (χ0v) is 12.2. The first-order chi connectivity index (χ1) is 8.93. The highest BCUT2D eigenvalue weighted by atomic mass is 79.9. The third kappa shape index (κ3) is 4.79. The average Bonchev–Trinajstić information content (AvgIpc) is 2.31. The molecule has 1 aromatic heterocycles. The molecule has 19 heavy (non-hydrogen) atoms. The van der Waals surface area contributed by atoms with E-state index in [0.717, 1.165) is 0 Å². The summed E-state index contributed by atoms with van der Waals surface area (Å²) in [6.07, 6.45) is 0.487. The number of thiocarbonyl (C=S) groups is 1. The Morgan fingerprint density at radius 1 is 1.58 bits per heavy atom. The van der Waals surface area contributed by atoms with Crippen LogP contribution in [0.1, 0.15) is 17.3 Å². The molecule has 0 aliphatic heterocycles. The highest BCUT2D eigenvalue weighted by Crippen LogP contribution is 2.20. The number of halogens is 1. The number of ether oxygens (including phenoxy) is 1. The number of carboxylic acid groups (broad SMARTS) is 1. The number of rotatable bonds is 3. The Hall–Kier alpha value is -1.74. The molecule has 1 aromatic rings. The number of carboxylic acids is 1. The van der Waals surface area contributed by atoms with Crippen molar-refractivity contribution < 1.29 is 19.4 Å². The van der Waals surface area contributed by atoms with Crippen LogP contribution in [0.5, 0.6) is 0 Å². The Bertz CT molecular complexity index is 523. The maximum atomic E-state index is 11.1. The van der Waals surface area contributed by atoms with E-state index in [1.54, 1.807) is 6.92 Å². The molecule has 0 saturated heterocycles. The predicted molar refractivity (Wildman–Crippen MR) is 75.3 cm³/mol. The van der Waals surface area contributed by atoms with Crippen molar-refractivity contribution in [2.75, 3.05) is 11.9 Å². The lowest BCUT2D eigenvalue weighted by molar-refractivity contribution is 0.0696. The average molecular weight is 348 g/mol. The van der Waals surface area contributed by atoms with Gasteiger partial charge in [0.1, 0.15) is 5.82 Å². The van der Waals surface area contributed by atoms with Crippen LogP contribution in [0.2, 0.25) is 0 Å². The number of nitrogens with one attached hydrogen (secondary N) is 2. The molecule has 7 nitrogen and oxygen atoms in total. The number of alkyl carbamates (subject to hydrolysis) is 1. The van der Waals surface area contributed by atoms with Gasteiger partial charge in [-0.3, -0.25) is 5.32 Å². The molecule has 9 heteroatoms. The fraction of sp³-hybridized carbons (Fsp3) is 0.200. The zero-order chi connectivity index (χ0) is 14.4. The third-order valence-electron chi connectivity index (χ3n) is 1.81. The molecule has 0 aromatic carbocycles. The van der Waals surface area contributed by atoms with Crippen LogP contribution in [-0.2, 0) is 4.74 Å². The second kappa shape index (κ2) is 7.00. The Morgan fingerprint density at radius 2 is 2.26 bits per heavy atom. The zero-order valence-electron chi connectivity index (χ0n) is 9.77. The van der Waals surface area contributed by atoms with Crippen LogP contribution in [0.3, 0.4) is 0 Å². The van der Waals surface area contributed by atoms with Crippen molar-refractivity contribution in [3.8, 4) is 0 Å². The third-order valence-corrected chi connectivity index (χ3v) is 2.62. The highest BCUT2D eigenvalue weighted by molar-refractivity contribution is 9.10. The topological polar surface area (TPSA) is 101 Å². The molecule has 0 saturated carbocycles. The van der Waals surface area contributed by atoms with E-state index in [1.165, 1.54) is 12.3 Å². The molecule has 3 N–H and O–H groups in total. The standard InChI is InChI=1S/C10H10BrN3O4S/c1-2-18-10(17)14-9(19)13-7-6(11)3-5(4-12-7)8(15)16/h3-4H,2H2,1H3,(H,15,16)(H2,12,13,14,17,19). The van der Waals surface area contributed by atoms with Gasteiger partial charge in [0.2, 0.25) is 0 Å². The fourth-order valence-corrected chi connectivity index (χ4v) is 1.67. The van der Waals surface area contributed by atoms with Crippen molar-refractivity contribution in [1.82, 2.24) is 10.3 Å². The monoisotopic (exact) mass is 347 g/mol. The summed E-state index contributed by atoms with van der Waals surface area (Å²) >= 11 is 8.02. The maximum Gasteiger partial charge on any atom is 0.413 e. The number of aromatic nitrogens is 1. The summed E-state index contributed by atoms with van der Waals surface area (Å²) in [6.45, 7) is 1.89. The van der Waals surface area contributed by atoms with Crippen LogP contribution >= 0.6 is 28.1 Å². The van der Waals surface area contributed by atoms with Crippen LogP contribution in [0.15, 0.2) is 16.7 Å². The summed E-state index contributed by atoms with van der Waals surface area (Å²) in [7, 11) is 0. The minimum Gasteiger partial charge on any atom is -0.478 e. The summed E-state index contributed by atoms with van der Waals surface area (Å²) in [5.74, 6) is -0.807. The van der Waals surface area contributed by atoms with Gasteiger partial charge in [0.05, 0.1) is 16.6 Å². The maximum absolute atomic E-state index is 11.1. The lowest BCUT2D eigenvalue weighted by atomic mass is 10.3. The number of aromatic carboxylic acids is 1. The molecule has 0 bridgehead atoms. The van der Waals surface area contributed by atoms with Gasteiger partial charge in [0, 0.05) is 6.20 Å². The Morgan fingerprint density at radius 3 is 2.79 bits per heavy atom. The van der Waals surface area contributed by atoms with Crippen LogP contribution in [0, 0.1) is 0 Å². The van der Waals surface area contributed by atoms with Crippen molar-refractivity contribution >= 4 is 51.1 Å². The molecule has 0 fully saturated rings. The van der Waals surface area contributed by atoms with Crippen molar-refractivity contribution in [3.05, 3.63) is 22.3 Å². The Labute approximate surface area is 122 Å². The number of nitrogens with zero attached hydrogens (tertiary/aromatic N) is 1. The van der Waals surface area contributed by atoms with E-state index in [0.29, 0.717) is 4.47 Å². The van der Waals surface area contributed by atoms with Crippen LogP contribution in [0.25, 0.3) is 0 Å². The second-order valence-corrected chi connectivity index (χ2v) is 4.42. The van der Waals surface area contributed by atoms with Gasteiger partial charge in [-0.15, -0.1) is 0 Å². The number of carbonyl (C=O) groups is 2. The van der Waals surface area contributed by atoms with E-state index in [2.05, 4.69) is 36.3 Å². The van der Waals surface area contributed by atoms with Gasteiger partial charge in [0.25, 0.3) is 0 Å². The summed E-state index contributed by atoms with van der Waals surface area (Å²) in [5, 5.41) is 13.7. The molecule has 0 aliphatic carbocycles. The molecular formula is C10H10BrN3O4S. The summed E-state index contributed by atoms with van der Waals surface area (Å²) < 4.78 is 5.05. The first-order valence-corrected chi connectivity index (χ1v) is 6.27. The molecule has 1 heterocycles. The number of hydrogen-bond donors (Lipinski definition) is 3. The minimum absolute atomic E-state index is 0.00488. The smallest absolute Gasteiger partial charge is 0.413 e. The molecule has 102 valence electrons. The molecule has 0 spiro atoms. The highest BCUT2D eigenvalue weighted by Gasteiger charge is 2.10. The number of pyridine rings is 1. The Balaban J connectivity index is 2.69. The van der Waals surface area contributed by atoms with Crippen LogP contribution in [0.4, 0.5) is 10.6 Å². The minimum atomic E-state index is -1.09. The van der Waals surface area contributed by atoms with E-state index in [4.69, 9.17) is 17.3 Å². The van der Waals surface area contributed by atoms with Crippen molar-refractivity contribution in [2.24, 2.45) is 0 Å². The number of hydrogen-bond acceptors (Lipinski definition) is 5. The molecule has 1 amide bonds. The quantitative estimate of drug-likeness (QED) is 0.718. The van der Waals surface area contributed by atoms with Gasteiger partial charge in [-0.05, 0) is 41.1 Å². The van der Waals surface area contributed by atoms with Crippen LogP contribution in [-0.4, -0.2) is 33.9 Å². The predicted octanol–water partition coefficient (Wildman–Crippen LogP) is 1.99. The molecule has 0 atom stereocenters. The van der Waals surface area contributed by atoms with Gasteiger partial charge in [-0.2, -0.15) is 0 Å². The lowest BCUT2D eigenvalue weighted by Gasteiger charge is -2.10. The van der Waals surface area contributed by atoms with Gasteiger partial charge >= 0.3 is 12.1 Å². The number of anilines is 1. The van der Waals surface area contributed by atoms with E-state index in [-0.39, 0.29) is 23.1 Å². The normalized spacial score (nSPS) is 9.58.